The molecule has 6 heteroatoms. The van der Waals surface area contributed by atoms with Crippen molar-refractivity contribution in [1.82, 2.24) is 10.6 Å². The molecule has 0 bridgehead atoms. The van der Waals surface area contributed by atoms with Crippen LogP contribution < -0.4 is 16.0 Å². The van der Waals surface area contributed by atoms with E-state index >= 15 is 0 Å². The Labute approximate surface area is 115 Å². The molecule has 100 valence electrons. The molecule has 2 amide bonds. The summed E-state index contributed by atoms with van der Waals surface area (Å²) in [5, 5.41) is 8.78. The second kappa shape index (κ2) is 5.22. The highest BCUT2D eigenvalue weighted by Crippen LogP contribution is 2.24. The molecular weight excluding hydrogens is 262 g/mol. The van der Waals surface area contributed by atoms with Crippen molar-refractivity contribution in [3.63, 3.8) is 0 Å². The first-order valence-corrected chi connectivity index (χ1v) is 7.28. The van der Waals surface area contributed by atoms with Gasteiger partial charge in [-0.25, -0.2) is 0 Å². The monoisotopic (exact) mass is 277 g/mol. The van der Waals surface area contributed by atoms with E-state index in [0.29, 0.717) is 5.75 Å². The maximum Gasteiger partial charge on any atom is 0.279 e. The third-order valence-electron chi connectivity index (χ3n) is 3.39. The van der Waals surface area contributed by atoms with Crippen molar-refractivity contribution in [2.45, 2.75) is 19.0 Å². The Morgan fingerprint density at radius 2 is 2.32 bits per heavy atom. The fourth-order valence-electron chi connectivity index (χ4n) is 2.39. The van der Waals surface area contributed by atoms with E-state index in [2.05, 4.69) is 22.0 Å². The fourth-order valence-corrected chi connectivity index (χ4v) is 3.17. The van der Waals surface area contributed by atoms with E-state index in [1.54, 1.807) is 0 Å². The van der Waals surface area contributed by atoms with Gasteiger partial charge in [0.25, 0.3) is 5.24 Å². The van der Waals surface area contributed by atoms with Crippen LogP contribution in [0.2, 0.25) is 0 Å². The summed E-state index contributed by atoms with van der Waals surface area (Å²) >= 11 is 1.15. The lowest BCUT2D eigenvalue weighted by molar-refractivity contribution is -0.117. The highest BCUT2D eigenvalue weighted by atomic mass is 32.2. The predicted octanol–water partition coefficient (Wildman–Crippen LogP) is 1.10. The normalized spacial score (nSPS) is 21.7. The lowest BCUT2D eigenvalue weighted by atomic mass is 9.99. The van der Waals surface area contributed by atoms with E-state index < -0.39 is 6.04 Å². The Kier molecular flexibility index (Phi) is 3.44. The molecule has 1 aromatic rings. The minimum atomic E-state index is -0.421. The van der Waals surface area contributed by atoms with Gasteiger partial charge in [-0.1, -0.05) is 23.9 Å². The van der Waals surface area contributed by atoms with Gasteiger partial charge in [-0.15, -0.1) is 0 Å². The minimum absolute atomic E-state index is 0.126. The second-order valence-electron chi connectivity index (χ2n) is 4.65. The van der Waals surface area contributed by atoms with Crippen molar-refractivity contribution in [2.75, 3.05) is 17.6 Å². The van der Waals surface area contributed by atoms with Crippen LogP contribution in [0.1, 0.15) is 11.1 Å². The van der Waals surface area contributed by atoms with Gasteiger partial charge in [-0.2, -0.15) is 0 Å². The molecule has 1 atom stereocenters. The number of fused-ring (bicyclic) bond motifs is 1. The van der Waals surface area contributed by atoms with Crippen molar-refractivity contribution < 1.29 is 9.59 Å². The van der Waals surface area contributed by atoms with Crippen LogP contribution in [-0.4, -0.2) is 29.5 Å². The van der Waals surface area contributed by atoms with Crippen LogP contribution in [0.5, 0.6) is 0 Å². The Balaban J connectivity index is 1.76. The number of amides is 2. The van der Waals surface area contributed by atoms with Crippen LogP contribution in [0.15, 0.2) is 18.2 Å². The van der Waals surface area contributed by atoms with E-state index in [1.165, 1.54) is 11.1 Å². The summed E-state index contributed by atoms with van der Waals surface area (Å²) in [6.07, 6.45) is 0.914. The largest absolute Gasteiger partial charge is 0.334 e. The zero-order valence-electron chi connectivity index (χ0n) is 10.4. The molecule has 0 spiro atoms. The summed E-state index contributed by atoms with van der Waals surface area (Å²) < 4.78 is 0. The van der Waals surface area contributed by atoms with E-state index in [0.717, 1.165) is 37.0 Å². The number of hydrogen-bond acceptors (Lipinski definition) is 4. The molecule has 0 saturated carbocycles. The molecule has 1 unspecified atom stereocenters. The zero-order chi connectivity index (χ0) is 13.2. The Bertz CT molecular complexity index is 533. The van der Waals surface area contributed by atoms with Crippen molar-refractivity contribution in [2.24, 2.45) is 0 Å². The number of anilines is 1. The van der Waals surface area contributed by atoms with Crippen LogP contribution in [0.3, 0.4) is 0 Å². The van der Waals surface area contributed by atoms with Crippen molar-refractivity contribution in [3.05, 3.63) is 29.3 Å². The summed E-state index contributed by atoms with van der Waals surface area (Å²) in [5.74, 6) is 0.367. The summed E-state index contributed by atoms with van der Waals surface area (Å²) in [4.78, 5) is 23.2. The average Bonchev–Trinajstić information content (AvgIpc) is 2.86. The van der Waals surface area contributed by atoms with Gasteiger partial charge in [-0.05, 0) is 30.2 Å². The van der Waals surface area contributed by atoms with Gasteiger partial charge in [0, 0.05) is 18.0 Å². The lowest BCUT2D eigenvalue weighted by Gasteiger charge is -2.21. The summed E-state index contributed by atoms with van der Waals surface area (Å²) in [5.41, 5.74) is 3.30. The van der Waals surface area contributed by atoms with Gasteiger partial charge < -0.3 is 16.0 Å². The number of nitrogens with one attached hydrogen (secondary N) is 3. The summed E-state index contributed by atoms with van der Waals surface area (Å²) in [6.45, 7) is 1.77. The SMILES string of the molecule is O=C1NC(C(=O)Nc2cccc3c2CCNC3)CS1. The maximum absolute atomic E-state index is 12.1. The molecule has 2 aliphatic rings. The molecule has 0 aromatic heterocycles. The van der Waals surface area contributed by atoms with Crippen molar-refractivity contribution in [3.8, 4) is 0 Å². The zero-order valence-corrected chi connectivity index (χ0v) is 11.2. The lowest BCUT2D eigenvalue weighted by Crippen LogP contribution is -2.39. The molecule has 3 rings (SSSR count). The standard InChI is InChI=1S/C13H15N3O2S/c17-12(11-7-19-13(18)16-11)15-10-3-1-2-8-6-14-5-4-9(8)10/h1-3,11,14H,4-7H2,(H,15,17)(H,16,18). The van der Waals surface area contributed by atoms with Crippen LogP contribution in [0.4, 0.5) is 10.5 Å². The van der Waals surface area contributed by atoms with Gasteiger partial charge in [0.05, 0.1) is 0 Å². The van der Waals surface area contributed by atoms with Crippen molar-refractivity contribution >= 4 is 28.6 Å². The molecule has 1 saturated heterocycles. The summed E-state index contributed by atoms with van der Waals surface area (Å²) in [7, 11) is 0. The predicted molar refractivity (Wildman–Crippen MR) is 75.3 cm³/mol. The topological polar surface area (TPSA) is 70.2 Å². The minimum Gasteiger partial charge on any atom is -0.334 e. The Morgan fingerprint density at radius 3 is 3.11 bits per heavy atom. The highest BCUT2D eigenvalue weighted by molar-refractivity contribution is 8.14. The van der Waals surface area contributed by atoms with Gasteiger partial charge >= 0.3 is 0 Å². The number of thioether (sulfide) groups is 1. The van der Waals surface area contributed by atoms with Crippen LogP contribution in [-0.2, 0) is 17.8 Å². The second-order valence-corrected chi connectivity index (χ2v) is 5.65. The Morgan fingerprint density at radius 1 is 1.42 bits per heavy atom. The number of hydrogen-bond donors (Lipinski definition) is 3. The molecule has 2 aliphatic heterocycles. The highest BCUT2D eigenvalue weighted by Gasteiger charge is 2.28. The number of carbonyl (C=O) groups is 2. The van der Waals surface area contributed by atoms with Crippen molar-refractivity contribution in [1.29, 1.82) is 0 Å². The quantitative estimate of drug-likeness (QED) is 0.757. The van der Waals surface area contributed by atoms with E-state index in [9.17, 15) is 9.59 Å². The Hall–Kier alpha value is -1.53. The molecule has 5 nitrogen and oxygen atoms in total. The number of benzene rings is 1. The molecule has 0 radical (unpaired) electrons. The van der Waals surface area contributed by atoms with Crippen LogP contribution in [0, 0.1) is 0 Å². The van der Waals surface area contributed by atoms with Gasteiger partial charge in [-0.3, -0.25) is 9.59 Å². The molecule has 2 heterocycles. The molecule has 0 aliphatic carbocycles. The molecule has 3 N–H and O–H groups in total. The van der Waals surface area contributed by atoms with Gasteiger partial charge in [0.1, 0.15) is 6.04 Å². The van der Waals surface area contributed by atoms with E-state index in [1.807, 2.05) is 12.1 Å². The first-order valence-electron chi connectivity index (χ1n) is 6.29. The van der Waals surface area contributed by atoms with Crippen LogP contribution >= 0.6 is 11.8 Å². The van der Waals surface area contributed by atoms with Crippen LogP contribution in [0.25, 0.3) is 0 Å². The first-order chi connectivity index (χ1) is 9.24. The molecule has 1 aromatic carbocycles. The maximum atomic E-state index is 12.1. The molecular formula is C13H15N3O2S. The third kappa shape index (κ3) is 2.59. The molecule has 1 fully saturated rings. The van der Waals surface area contributed by atoms with E-state index in [4.69, 9.17) is 0 Å². The average molecular weight is 277 g/mol. The third-order valence-corrected chi connectivity index (χ3v) is 4.27. The fraction of sp³-hybridized carbons (Fsp3) is 0.385. The number of rotatable bonds is 2. The van der Waals surface area contributed by atoms with E-state index in [-0.39, 0.29) is 11.1 Å². The summed E-state index contributed by atoms with van der Waals surface area (Å²) in [6, 6.07) is 5.52. The molecule has 19 heavy (non-hydrogen) atoms. The van der Waals surface area contributed by atoms with Gasteiger partial charge in [0.2, 0.25) is 5.91 Å². The first kappa shape index (κ1) is 12.5. The number of carbonyl (C=O) groups excluding carboxylic acids is 2. The van der Waals surface area contributed by atoms with Gasteiger partial charge in [0.15, 0.2) is 0 Å². The smallest absolute Gasteiger partial charge is 0.279 e.